The van der Waals surface area contributed by atoms with Gasteiger partial charge in [0.05, 0.1) is 6.33 Å². The van der Waals surface area contributed by atoms with E-state index in [1.54, 1.807) is 11.8 Å². The highest BCUT2D eigenvalue weighted by Gasteiger charge is 1.98. The summed E-state index contributed by atoms with van der Waals surface area (Å²) in [7, 11) is 0. The molecule has 0 radical (unpaired) electrons. The number of halogens is 2. The summed E-state index contributed by atoms with van der Waals surface area (Å²) in [6.45, 7) is 0.279. The second-order valence-corrected chi connectivity index (χ2v) is 3.88. The summed E-state index contributed by atoms with van der Waals surface area (Å²) in [4.78, 5) is 1.22. The van der Waals surface area contributed by atoms with Gasteiger partial charge in [0, 0.05) is 11.4 Å². The van der Waals surface area contributed by atoms with Crippen molar-refractivity contribution in [2.24, 2.45) is 5.73 Å². The van der Waals surface area contributed by atoms with Gasteiger partial charge < -0.3 is 5.73 Å². The van der Waals surface area contributed by atoms with E-state index in [2.05, 4.69) is 0 Å². The normalized spacial score (nSPS) is 11.0. The molecular weight excluding hydrogens is 233 g/mol. The van der Waals surface area contributed by atoms with Crippen LogP contribution in [0.25, 0.3) is 0 Å². The molecule has 0 aliphatic heterocycles. The van der Waals surface area contributed by atoms with Crippen molar-refractivity contribution in [3.8, 4) is 0 Å². The maximum atomic E-state index is 12.2. The fraction of sp³-hybridized carbons (Fsp3) is 0.273. The predicted octanol–water partition coefficient (Wildman–Crippen LogP) is 3.18. The van der Waals surface area contributed by atoms with Crippen LogP contribution in [0, 0.1) is 0 Å². The minimum absolute atomic E-state index is 0. The molecule has 0 heterocycles. The Balaban J connectivity index is 0.00000196. The Labute approximate surface area is 100 Å². The fourth-order valence-electron chi connectivity index (χ4n) is 1.16. The largest absolute Gasteiger partial charge is 0.327 e. The second-order valence-electron chi connectivity index (χ2n) is 3.00. The van der Waals surface area contributed by atoms with Crippen molar-refractivity contribution >= 4 is 24.2 Å². The fourth-order valence-corrected chi connectivity index (χ4v) is 1.57. The number of hydrogen-bond donors (Lipinski definition) is 1. The van der Waals surface area contributed by atoms with Crippen LogP contribution in [0.15, 0.2) is 41.1 Å². The van der Waals surface area contributed by atoms with Crippen molar-refractivity contribution in [3.63, 3.8) is 0 Å². The molecule has 4 heteroatoms. The number of hydrogen-bond acceptors (Lipinski definition) is 2. The summed E-state index contributed by atoms with van der Waals surface area (Å²) in [5, 5.41) is 0. The van der Waals surface area contributed by atoms with Gasteiger partial charge in [0.15, 0.2) is 0 Å². The highest BCUT2D eigenvalue weighted by molar-refractivity contribution is 7.98. The molecule has 0 aliphatic carbocycles. The SMILES string of the molecule is CSc1ccc(CC(=CF)CN)cc1.Cl. The molecule has 15 heavy (non-hydrogen) atoms. The van der Waals surface area contributed by atoms with Gasteiger partial charge in [-0.15, -0.1) is 24.2 Å². The lowest BCUT2D eigenvalue weighted by atomic mass is 10.1. The molecule has 0 unspecified atom stereocenters. The molecule has 0 bridgehead atoms. The van der Waals surface area contributed by atoms with Gasteiger partial charge >= 0.3 is 0 Å². The highest BCUT2D eigenvalue weighted by atomic mass is 35.5. The molecule has 1 aromatic carbocycles. The van der Waals surface area contributed by atoms with E-state index in [4.69, 9.17) is 5.73 Å². The van der Waals surface area contributed by atoms with E-state index in [0.29, 0.717) is 18.3 Å². The predicted molar refractivity (Wildman–Crippen MR) is 67.4 cm³/mol. The first-order chi connectivity index (χ1) is 6.80. The van der Waals surface area contributed by atoms with Crippen molar-refractivity contribution in [2.45, 2.75) is 11.3 Å². The zero-order chi connectivity index (χ0) is 10.4. The number of rotatable bonds is 4. The third kappa shape index (κ3) is 4.69. The minimum Gasteiger partial charge on any atom is -0.327 e. The molecule has 0 spiro atoms. The summed E-state index contributed by atoms with van der Waals surface area (Å²) in [6.07, 6.45) is 3.23. The quantitative estimate of drug-likeness (QED) is 0.827. The van der Waals surface area contributed by atoms with Crippen LogP contribution in [-0.4, -0.2) is 12.8 Å². The van der Waals surface area contributed by atoms with Gasteiger partial charge in [-0.3, -0.25) is 0 Å². The second kappa shape index (κ2) is 7.74. The lowest BCUT2D eigenvalue weighted by molar-refractivity contribution is 0.699. The van der Waals surface area contributed by atoms with Crippen molar-refractivity contribution in [1.82, 2.24) is 0 Å². The van der Waals surface area contributed by atoms with Gasteiger partial charge in [0.25, 0.3) is 0 Å². The molecule has 0 saturated carbocycles. The maximum absolute atomic E-state index is 12.2. The van der Waals surface area contributed by atoms with Crippen molar-refractivity contribution in [2.75, 3.05) is 12.8 Å². The summed E-state index contributed by atoms with van der Waals surface area (Å²) in [6, 6.07) is 8.08. The van der Waals surface area contributed by atoms with Crippen LogP contribution < -0.4 is 5.73 Å². The lowest BCUT2D eigenvalue weighted by Crippen LogP contribution is -2.05. The van der Waals surface area contributed by atoms with E-state index in [9.17, 15) is 4.39 Å². The standard InChI is InChI=1S/C11H14FNS.ClH/c1-14-11-4-2-9(3-5-11)6-10(7-12)8-13;/h2-5,7H,6,8,13H2,1H3;1H. The monoisotopic (exact) mass is 247 g/mol. The van der Waals surface area contributed by atoms with Crippen LogP contribution in [0.5, 0.6) is 0 Å². The highest BCUT2D eigenvalue weighted by Crippen LogP contribution is 2.16. The van der Waals surface area contributed by atoms with E-state index in [1.807, 2.05) is 30.5 Å². The molecule has 2 N–H and O–H groups in total. The first-order valence-electron chi connectivity index (χ1n) is 4.41. The summed E-state index contributed by atoms with van der Waals surface area (Å²) >= 11 is 1.69. The molecular formula is C11H15ClFNS. The molecule has 0 saturated heterocycles. The number of benzene rings is 1. The Morgan fingerprint density at radius 2 is 2.00 bits per heavy atom. The van der Waals surface area contributed by atoms with Gasteiger partial charge in [0.1, 0.15) is 0 Å². The Bertz CT molecular complexity index is 311. The summed E-state index contributed by atoms with van der Waals surface area (Å²) in [5.74, 6) is 0. The van der Waals surface area contributed by atoms with E-state index in [0.717, 1.165) is 5.56 Å². The van der Waals surface area contributed by atoms with Gasteiger partial charge in [-0.05, 0) is 35.9 Å². The summed E-state index contributed by atoms with van der Waals surface area (Å²) < 4.78 is 12.2. The first-order valence-corrected chi connectivity index (χ1v) is 5.63. The first kappa shape index (κ1) is 14.5. The molecule has 0 fully saturated rings. The third-order valence-corrected chi connectivity index (χ3v) is 2.75. The van der Waals surface area contributed by atoms with Crippen LogP contribution in [0.2, 0.25) is 0 Å². The van der Waals surface area contributed by atoms with E-state index in [1.165, 1.54) is 4.90 Å². The van der Waals surface area contributed by atoms with Crippen LogP contribution in [0.4, 0.5) is 4.39 Å². The molecule has 0 atom stereocenters. The summed E-state index contributed by atoms with van der Waals surface area (Å²) in [5.41, 5.74) is 7.10. The Morgan fingerprint density at radius 1 is 1.40 bits per heavy atom. The van der Waals surface area contributed by atoms with Crippen LogP contribution in [0.1, 0.15) is 5.56 Å². The number of thioether (sulfide) groups is 1. The lowest BCUT2D eigenvalue weighted by Gasteiger charge is -2.03. The van der Waals surface area contributed by atoms with Crippen molar-refractivity contribution in [3.05, 3.63) is 41.7 Å². The van der Waals surface area contributed by atoms with Crippen molar-refractivity contribution < 1.29 is 4.39 Å². The Hall–Kier alpha value is -0.510. The molecule has 0 aliphatic rings. The van der Waals surface area contributed by atoms with Gasteiger partial charge in [0.2, 0.25) is 0 Å². The minimum atomic E-state index is 0. The number of nitrogens with two attached hydrogens (primary N) is 1. The molecule has 0 amide bonds. The topological polar surface area (TPSA) is 26.0 Å². The average Bonchev–Trinajstić information content (AvgIpc) is 2.26. The Morgan fingerprint density at radius 3 is 2.40 bits per heavy atom. The molecule has 0 aromatic heterocycles. The average molecular weight is 248 g/mol. The molecule has 1 nitrogen and oxygen atoms in total. The molecule has 1 aromatic rings. The van der Waals surface area contributed by atoms with Crippen molar-refractivity contribution in [1.29, 1.82) is 0 Å². The molecule has 84 valence electrons. The smallest absolute Gasteiger partial charge is 0.0875 e. The van der Waals surface area contributed by atoms with E-state index >= 15 is 0 Å². The van der Waals surface area contributed by atoms with E-state index < -0.39 is 0 Å². The molecule has 1 rings (SSSR count). The van der Waals surface area contributed by atoms with Crippen LogP contribution >= 0.6 is 24.2 Å². The van der Waals surface area contributed by atoms with E-state index in [-0.39, 0.29) is 19.0 Å². The third-order valence-electron chi connectivity index (χ3n) is 2.01. The van der Waals surface area contributed by atoms with Gasteiger partial charge in [-0.2, -0.15) is 0 Å². The zero-order valence-corrected chi connectivity index (χ0v) is 10.2. The van der Waals surface area contributed by atoms with Crippen LogP contribution in [0.3, 0.4) is 0 Å². The van der Waals surface area contributed by atoms with Crippen LogP contribution in [-0.2, 0) is 6.42 Å². The van der Waals surface area contributed by atoms with Gasteiger partial charge in [-0.1, -0.05) is 12.1 Å². The maximum Gasteiger partial charge on any atom is 0.0875 e. The zero-order valence-electron chi connectivity index (χ0n) is 8.57. The Kier molecular flexibility index (Phi) is 7.48. The van der Waals surface area contributed by atoms with Gasteiger partial charge in [-0.25, -0.2) is 4.39 Å².